The van der Waals surface area contributed by atoms with E-state index >= 15 is 0 Å². The van der Waals surface area contributed by atoms with Crippen LogP contribution in [0.1, 0.15) is 0 Å². The standard InChI is InChI=1S/C9H5Cl2NO/c10-7-3-1-2-6(4-7)8-5-13-9(11)12-8/h1-5H. The second-order valence-electron chi connectivity index (χ2n) is 2.50. The molecule has 0 aliphatic carbocycles. The van der Waals surface area contributed by atoms with Gasteiger partial charge in [-0.2, -0.15) is 4.98 Å². The first-order chi connectivity index (χ1) is 6.25. The maximum atomic E-state index is 5.81. The predicted octanol–water partition coefficient (Wildman–Crippen LogP) is 3.65. The maximum Gasteiger partial charge on any atom is 0.292 e. The van der Waals surface area contributed by atoms with E-state index in [4.69, 9.17) is 27.6 Å². The number of aromatic nitrogens is 1. The lowest BCUT2D eigenvalue weighted by Crippen LogP contribution is -1.75. The molecule has 2 rings (SSSR count). The number of hydrogen-bond acceptors (Lipinski definition) is 2. The molecule has 66 valence electrons. The first-order valence-electron chi connectivity index (χ1n) is 3.63. The second kappa shape index (κ2) is 3.40. The summed E-state index contributed by atoms with van der Waals surface area (Å²) in [6.07, 6.45) is 1.49. The Labute approximate surface area is 85.1 Å². The molecule has 0 bridgehead atoms. The fourth-order valence-corrected chi connectivity index (χ4v) is 1.36. The molecular weight excluding hydrogens is 209 g/mol. The summed E-state index contributed by atoms with van der Waals surface area (Å²) >= 11 is 11.3. The quantitative estimate of drug-likeness (QED) is 0.723. The van der Waals surface area contributed by atoms with Crippen LogP contribution in [0.25, 0.3) is 11.3 Å². The van der Waals surface area contributed by atoms with Crippen LogP contribution in [0.15, 0.2) is 34.9 Å². The first-order valence-corrected chi connectivity index (χ1v) is 4.38. The van der Waals surface area contributed by atoms with Gasteiger partial charge in [-0.1, -0.05) is 23.7 Å². The van der Waals surface area contributed by atoms with Gasteiger partial charge >= 0.3 is 0 Å². The number of nitrogens with zero attached hydrogens (tertiary/aromatic N) is 1. The molecule has 0 amide bonds. The van der Waals surface area contributed by atoms with Crippen molar-refractivity contribution in [2.45, 2.75) is 0 Å². The predicted molar refractivity (Wildman–Crippen MR) is 52.0 cm³/mol. The highest BCUT2D eigenvalue weighted by atomic mass is 35.5. The van der Waals surface area contributed by atoms with Crippen LogP contribution in [-0.4, -0.2) is 4.98 Å². The van der Waals surface area contributed by atoms with Crippen LogP contribution < -0.4 is 0 Å². The smallest absolute Gasteiger partial charge is 0.292 e. The fraction of sp³-hybridized carbons (Fsp3) is 0. The molecule has 0 saturated heterocycles. The summed E-state index contributed by atoms with van der Waals surface area (Å²) in [6, 6.07) is 7.34. The highest BCUT2D eigenvalue weighted by molar-refractivity contribution is 6.30. The summed E-state index contributed by atoms with van der Waals surface area (Å²) < 4.78 is 4.87. The SMILES string of the molecule is Clc1cccc(-c2coc(Cl)n2)c1. The highest BCUT2D eigenvalue weighted by Gasteiger charge is 2.03. The Morgan fingerprint density at radius 1 is 1.23 bits per heavy atom. The monoisotopic (exact) mass is 213 g/mol. The minimum atomic E-state index is 0.134. The molecule has 0 radical (unpaired) electrons. The van der Waals surface area contributed by atoms with Crippen molar-refractivity contribution < 1.29 is 4.42 Å². The Morgan fingerprint density at radius 2 is 2.08 bits per heavy atom. The molecule has 13 heavy (non-hydrogen) atoms. The molecule has 2 aromatic rings. The molecule has 1 aromatic carbocycles. The lowest BCUT2D eigenvalue weighted by molar-refractivity contribution is 0.560. The first kappa shape index (κ1) is 8.60. The Hall–Kier alpha value is -0.990. The van der Waals surface area contributed by atoms with Crippen molar-refractivity contribution in [3.8, 4) is 11.3 Å². The van der Waals surface area contributed by atoms with E-state index in [1.54, 1.807) is 12.1 Å². The average Bonchev–Trinajstić information content (AvgIpc) is 2.52. The number of benzene rings is 1. The normalized spacial score (nSPS) is 10.3. The molecule has 0 unspecified atom stereocenters. The lowest BCUT2D eigenvalue weighted by atomic mass is 10.2. The van der Waals surface area contributed by atoms with Crippen molar-refractivity contribution >= 4 is 23.2 Å². The van der Waals surface area contributed by atoms with Crippen LogP contribution in [0.4, 0.5) is 0 Å². The number of rotatable bonds is 1. The third kappa shape index (κ3) is 1.85. The molecule has 0 fully saturated rings. The molecular formula is C9H5Cl2NO. The Balaban J connectivity index is 2.46. The van der Waals surface area contributed by atoms with E-state index in [2.05, 4.69) is 4.98 Å². The third-order valence-electron chi connectivity index (χ3n) is 1.60. The topological polar surface area (TPSA) is 26.0 Å². The van der Waals surface area contributed by atoms with E-state index < -0.39 is 0 Å². The van der Waals surface area contributed by atoms with Crippen LogP contribution in [0.5, 0.6) is 0 Å². The average molecular weight is 214 g/mol. The molecule has 4 heteroatoms. The number of halogens is 2. The minimum absolute atomic E-state index is 0.134. The van der Waals surface area contributed by atoms with Gasteiger partial charge in [0.05, 0.1) is 0 Å². The third-order valence-corrected chi connectivity index (χ3v) is 2.01. The Bertz CT molecular complexity index is 425. The van der Waals surface area contributed by atoms with Gasteiger partial charge in [0.25, 0.3) is 5.35 Å². The van der Waals surface area contributed by atoms with Gasteiger partial charge in [-0.25, -0.2) is 0 Å². The van der Waals surface area contributed by atoms with Crippen molar-refractivity contribution in [3.63, 3.8) is 0 Å². The molecule has 0 atom stereocenters. The van der Waals surface area contributed by atoms with Crippen LogP contribution in [0.2, 0.25) is 10.4 Å². The summed E-state index contributed by atoms with van der Waals surface area (Å²) in [7, 11) is 0. The van der Waals surface area contributed by atoms with Crippen molar-refractivity contribution in [2.75, 3.05) is 0 Å². The van der Waals surface area contributed by atoms with Crippen molar-refractivity contribution in [1.29, 1.82) is 0 Å². The fourth-order valence-electron chi connectivity index (χ4n) is 1.03. The zero-order chi connectivity index (χ0) is 9.26. The van der Waals surface area contributed by atoms with E-state index in [1.165, 1.54) is 6.26 Å². The van der Waals surface area contributed by atoms with Crippen LogP contribution in [0, 0.1) is 0 Å². The van der Waals surface area contributed by atoms with Crippen molar-refractivity contribution in [3.05, 3.63) is 40.9 Å². The summed E-state index contributed by atoms with van der Waals surface area (Å²) in [5.41, 5.74) is 1.58. The van der Waals surface area contributed by atoms with Gasteiger partial charge < -0.3 is 4.42 Å². The number of hydrogen-bond donors (Lipinski definition) is 0. The zero-order valence-electron chi connectivity index (χ0n) is 6.50. The van der Waals surface area contributed by atoms with Gasteiger partial charge in [0.2, 0.25) is 0 Å². The van der Waals surface area contributed by atoms with E-state index in [0.29, 0.717) is 10.7 Å². The van der Waals surface area contributed by atoms with Crippen molar-refractivity contribution in [1.82, 2.24) is 4.98 Å². The van der Waals surface area contributed by atoms with Gasteiger partial charge in [-0.15, -0.1) is 0 Å². The molecule has 1 heterocycles. The van der Waals surface area contributed by atoms with E-state index in [0.717, 1.165) is 5.56 Å². The Morgan fingerprint density at radius 3 is 2.69 bits per heavy atom. The summed E-state index contributed by atoms with van der Waals surface area (Å²) in [4.78, 5) is 3.96. The second-order valence-corrected chi connectivity index (χ2v) is 3.26. The van der Waals surface area contributed by atoms with Gasteiger partial charge in [0, 0.05) is 10.6 Å². The minimum Gasteiger partial charge on any atom is -0.436 e. The summed E-state index contributed by atoms with van der Waals surface area (Å²) in [6.45, 7) is 0. The summed E-state index contributed by atoms with van der Waals surface area (Å²) in [5.74, 6) is 0. The van der Waals surface area contributed by atoms with Gasteiger partial charge in [0.15, 0.2) is 0 Å². The maximum absolute atomic E-state index is 5.81. The van der Waals surface area contributed by atoms with Crippen LogP contribution >= 0.6 is 23.2 Å². The molecule has 0 saturated carbocycles. The van der Waals surface area contributed by atoms with Gasteiger partial charge in [0.1, 0.15) is 12.0 Å². The molecule has 0 aliphatic rings. The lowest BCUT2D eigenvalue weighted by Gasteiger charge is -1.94. The van der Waals surface area contributed by atoms with Crippen LogP contribution in [-0.2, 0) is 0 Å². The van der Waals surface area contributed by atoms with E-state index in [-0.39, 0.29) is 5.35 Å². The molecule has 1 aromatic heterocycles. The highest BCUT2D eigenvalue weighted by Crippen LogP contribution is 2.23. The Kier molecular flexibility index (Phi) is 2.25. The van der Waals surface area contributed by atoms with E-state index in [9.17, 15) is 0 Å². The molecule has 0 aliphatic heterocycles. The molecule has 0 N–H and O–H groups in total. The van der Waals surface area contributed by atoms with Crippen LogP contribution in [0.3, 0.4) is 0 Å². The van der Waals surface area contributed by atoms with E-state index in [1.807, 2.05) is 12.1 Å². The van der Waals surface area contributed by atoms with Gasteiger partial charge in [-0.3, -0.25) is 0 Å². The summed E-state index contributed by atoms with van der Waals surface area (Å²) in [5, 5.41) is 0.798. The van der Waals surface area contributed by atoms with Crippen molar-refractivity contribution in [2.24, 2.45) is 0 Å². The largest absolute Gasteiger partial charge is 0.436 e. The molecule has 0 spiro atoms. The number of oxazole rings is 1. The zero-order valence-corrected chi connectivity index (χ0v) is 8.01. The molecule has 2 nitrogen and oxygen atoms in total. The van der Waals surface area contributed by atoms with Gasteiger partial charge in [-0.05, 0) is 23.7 Å².